The second-order valence-electron chi connectivity index (χ2n) is 16.1. The summed E-state index contributed by atoms with van der Waals surface area (Å²) in [6.45, 7) is 1.69. The van der Waals surface area contributed by atoms with Crippen LogP contribution in [0.5, 0.6) is 0 Å². The number of nitrogens with one attached hydrogen (secondary N) is 1. The minimum Gasteiger partial charge on any atom is -0.480 e. The van der Waals surface area contributed by atoms with E-state index in [9.17, 15) is 33.7 Å². The molecule has 1 amide bonds. The maximum atomic E-state index is 12.7. The molecule has 0 aromatic carbocycles. The average Bonchev–Trinajstić information content (AvgIpc) is 3.23. The molecule has 0 aromatic heterocycles. The van der Waals surface area contributed by atoms with E-state index in [1.807, 2.05) is 0 Å². The molecule has 0 saturated heterocycles. The molecule has 3 atom stereocenters. The number of aliphatic carboxylic acids is 1. The van der Waals surface area contributed by atoms with Crippen molar-refractivity contribution in [3.05, 3.63) is 0 Å². The standard InChI is InChI=1S/C45H86NO14P/c1-3-5-7-9-11-13-15-17-19-21-23-25-27-29-44(51)57-36-41(60-45(52)30-28-26-24-22-20-18-16-14-12-10-8-6-4-2)37-59-61(53,54)58-34-32-46-42(48)38-56-40(35-47)31-33-55-39-43(49)50/h40-41,47H,3-39H2,1-2H3,(H,46,48)(H,49,50)(H,53,54). The van der Waals surface area contributed by atoms with Crippen LogP contribution in [-0.2, 0) is 51.7 Å². The monoisotopic (exact) mass is 896 g/mol. The third-order valence-electron chi connectivity index (χ3n) is 10.3. The number of unbranched alkanes of at least 4 members (excludes halogenated alkanes) is 24. The van der Waals surface area contributed by atoms with Gasteiger partial charge in [-0.2, -0.15) is 0 Å². The van der Waals surface area contributed by atoms with Crippen molar-refractivity contribution in [1.29, 1.82) is 0 Å². The predicted molar refractivity (Wildman–Crippen MR) is 236 cm³/mol. The maximum Gasteiger partial charge on any atom is 0.472 e. The van der Waals surface area contributed by atoms with E-state index in [1.54, 1.807) is 0 Å². The van der Waals surface area contributed by atoms with Crippen molar-refractivity contribution in [2.75, 3.05) is 52.8 Å². The van der Waals surface area contributed by atoms with Crippen molar-refractivity contribution in [1.82, 2.24) is 5.32 Å². The Labute approximate surface area is 368 Å². The summed E-state index contributed by atoms with van der Waals surface area (Å²) in [5, 5.41) is 20.4. The van der Waals surface area contributed by atoms with E-state index in [4.69, 9.17) is 33.1 Å². The molecule has 0 aliphatic carbocycles. The fourth-order valence-corrected chi connectivity index (χ4v) is 7.36. The van der Waals surface area contributed by atoms with Crippen LogP contribution < -0.4 is 5.32 Å². The summed E-state index contributed by atoms with van der Waals surface area (Å²) in [7, 11) is -4.65. The van der Waals surface area contributed by atoms with Gasteiger partial charge in [0.15, 0.2) is 6.10 Å². The lowest BCUT2D eigenvalue weighted by molar-refractivity contribution is -0.161. The highest BCUT2D eigenvalue weighted by Crippen LogP contribution is 2.43. The van der Waals surface area contributed by atoms with Gasteiger partial charge in [0.05, 0.1) is 25.9 Å². The molecule has 0 spiro atoms. The Morgan fingerprint density at radius 2 is 1.03 bits per heavy atom. The summed E-state index contributed by atoms with van der Waals surface area (Å²) < 4.78 is 43.8. The van der Waals surface area contributed by atoms with Crippen LogP contribution in [0.25, 0.3) is 0 Å². The Morgan fingerprint density at radius 1 is 0.574 bits per heavy atom. The Kier molecular flexibility index (Phi) is 41.6. The van der Waals surface area contributed by atoms with Crippen LogP contribution in [0.15, 0.2) is 0 Å². The van der Waals surface area contributed by atoms with Gasteiger partial charge < -0.3 is 39.4 Å². The van der Waals surface area contributed by atoms with Gasteiger partial charge in [0.1, 0.15) is 19.8 Å². The minimum absolute atomic E-state index is 0.0141. The molecule has 16 heteroatoms. The van der Waals surface area contributed by atoms with E-state index in [0.29, 0.717) is 12.8 Å². The van der Waals surface area contributed by atoms with E-state index >= 15 is 0 Å². The number of phosphoric ester groups is 1. The number of carboxylic acid groups (broad SMARTS) is 1. The fourth-order valence-electron chi connectivity index (χ4n) is 6.61. The molecule has 0 aliphatic rings. The van der Waals surface area contributed by atoms with Crippen molar-refractivity contribution in [2.45, 2.75) is 212 Å². The molecule has 0 radical (unpaired) electrons. The number of hydrogen-bond donors (Lipinski definition) is 4. The van der Waals surface area contributed by atoms with Crippen LogP contribution in [0.1, 0.15) is 200 Å². The lowest BCUT2D eigenvalue weighted by Crippen LogP contribution is -2.33. The lowest BCUT2D eigenvalue weighted by Gasteiger charge is -2.20. The zero-order valence-corrected chi connectivity index (χ0v) is 39.0. The van der Waals surface area contributed by atoms with Crippen molar-refractivity contribution < 1.29 is 66.8 Å². The van der Waals surface area contributed by atoms with Gasteiger partial charge in [0.25, 0.3) is 0 Å². The Hall–Kier alpha value is -2.13. The first-order chi connectivity index (χ1) is 29.5. The number of hydrogen-bond acceptors (Lipinski definition) is 12. The number of carbonyl (C=O) groups excluding carboxylic acids is 3. The van der Waals surface area contributed by atoms with Crippen LogP contribution >= 0.6 is 7.82 Å². The zero-order chi connectivity index (χ0) is 45.1. The molecule has 61 heavy (non-hydrogen) atoms. The molecular formula is C45H86NO14P. The number of amides is 1. The van der Waals surface area contributed by atoms with Crippen LogP contribution in [0.2, 0.25) is 0 Å². The summed E-state index contributed by atoms with van der Waals surface area (Å²) in [6.07, 6.45) is 29.4. The molecule has 0 fully saturated rings. The molecule has 0 saturated carbocycles. The van der Waals surface area contributed by atoms with Crippen molar-refractivity contribution >= 4 is 31.6 Å². The number of ether oxygens (including phenoxy) is 4. The Morgan fingerprint density at radius 3 is 1.49 bits per heavy atom. The van der Waals surface area contributed by atoms with Crippen LogP contribution in [-0.4, -0.2) is 104 Å². The average molecular weight is 896 g/mol. The molecule has 0 heterocycles. The highest BCUT2D eigenvalue weighted by molar-refractivity contribution is 7.47. The van der Waals surface area contributed by atoms with Gasteiger partial charge in [-0.25, -0.2) is 9.36 Å². The topological polar surface area (TPSA) is 213 Å². The number of carbonyl (C=O) groups is 4. The highest BCUT2D eigenvalue weighted by Gasteiger charge is 2.26. The number of phosphoric acid groups is 1. The zero-order valence-electron chi connectivity index (χ0n) is 38.1. The summed E-state index contributed by atoms with van der Waals surface area (Å²) >= 11 is 0. The van der Waals surface area contributed by atoms with Gasteiger partial charge in [-0.15, -0.1) is 0 Å². The van der Waals surface area contributed by atoms with E-state index in [0.717, 1.165) is 38.5 Å². The molecule has 0 bridgehead atoms. The van der Waals surface area contributed by atoms with Crippen molar-refractivity contribution in [2.24, 2.45) is 0 Å². The first-order valence-corrected chi connectivity index (χ1v) is 25.3. The molecule has 0 aromatic rings. The smallest absolute Gasteiger partial charge is 0.472 e. The third-order valence-corrected chi connectivity index (χ3v) is 11.2. The van der Waals surface area contributed by atoms with Gasteiger partial charge in [-0.1, -0.05) is 168 Å². The normalized spacial score (nSPS) is 13.4. The van der Waals surface area contributed by atoms with Crippen LogP contribution in [0.4, 0.5) is 0 Å². The first-order valence-electron chi connectivity index (χ1n) is 23.8. The van der Waals surface area contributed by atoms with E-state index < -0.39 is 76.9 Å². The van der Waals surface area contributed by atoms with E-state index in [2.05, 4.69) is 19.2 Å². The molecular weight excluding hydrogens is 809 g/mol. The summed E-state index contributed by atoms with van der Waals surface area (Å²) in [6, 6.07) is 0. The highest BCUT2D eigenvalue weighted by atomic mass is 31.2. The minimum atomic E-state index is -4.65. The SMILES string of the molecule is CCCCCCCCCCCCCCCC(=O)OCC(COP(=O)(O)OCCNC(=O)COC(CO)CCOCC(=O)O)OC(=O)CCCCCCCCCCCCCCC. The molecule has 0 aliphatic heterocycles. The molecule has 3 unspecified atom stereocenters. The third kappa shape index (κ3) is 42.9. The van der Waals surface area contributed by atoms with Crippen molar-refractivity contribution in [3.8, 4) is 0 Å². The number of aliphatic hydroxyl groups is 1. The first kappa shape index (κ1) is 58.9. The van der Waals surface area contributed by atoms with Crippen LogP contribution in [0, 0.1) is 0 Å². The second-order valence-corrected chi connectivity index (χ2v) is 17.5. The van der Waals surface area contributed by atoms with E-state index in [-0.39, 0.29) is 39.0 Å². The predicted octanol–water partition coefficient (Wildman–Crippen LogP) is 9.52. The van der Waals surface area contributed by atoms with Crippen molar-refractivity contribution in [3.63, 3.8) is 0 Å². The summed E-state index contributed by atoms with van der Waals surface area (Å²) in [4.78, 5) is 58.2. The van der Waals surface area contributed by atoms with Crippen LogP contribution in [0.3, 0.4) is 0 Å². The molecule has 0 rings (SSSR count). The van der Waals surface area contributed by atoms with Gasteiger partial charge in [-0.05, 0) is 19.3 Å². The summed E-state index contributed by atoms with van der Waals surface area (Å²) in [5.74, 6) is -2.67. The fraction of sp³-hybridized carbons (Fsp3) is 0.911. The maximum absolute atomic E-state index is 12.7. The second kappa shape index (κ2) is 43.1. The molecule has 360 valence electrons. The number of esters is 2. The van der Waals surface area contributed by atoms with Gasteiger partial charge in [-0.3, -0.25) is 23.4 Å². The molecule has 4 N–H and O–H groups in total. The number of rotatable bonds is 47. The van der Waals surface area contributed by atoms with Gasteiger partial charge in [0, 0.05) is 26.0 Å². The number of carboxylic acids is 1. The summed E-state index contributed by atoms with van der Waals surface area (Å²) in [5.41, 5.74) is 0. The molecule has 15 nitrogen and oxygen atoms in total. The lowest BCUT2D eigenvalue weighted by atomic mass is 10.0. The Balaban J connectivity index is 4.63. The number of aliphatic hydroxyl groups excluding tert-OH is 1. The van der Waals surface area contributed by atoms with E-state index in [1.165, 1.54) is 116 Å². The van der Waals surface area contributed by atoms with Gasteiger partial charge >= 0.3 is 25.7 Å². The van der Waals surface area contributed by atoms with Gasteiger partial charge in [0.2, 0.25) is 5.91 Å². The quantitative estimate of drug-likeness (QED) is 0.0255. The largest absolute Gasteiger partial charge is 0.480 e. The Bertz CT molecular complexity index is 1110.